The number of benzene rings is 2. The summed E-state index contributed by atoms with van der Waals surface area (Å²) in [7, 11) is 0. The summed E-state index contributed by atoms with van der Waals surface area (Å²) in [5.74, 6) is 4.89. The molecule has 2 rings (SSSR count). The van der Waals surface area contributed by atoms with Gasteiger partial charge in [-0.15, -0.1) is 0 Å². The highest BCUT2D eigenvalue weighted by Crippen LogP contribution is 2.25. The molecule has 2 unspecified atom stereocenters. The maximum Gasteiger partial charge on any atom is 0.128 e. The molecule has 2 aromatic rings. The number of nitrogens with one attached hydrogen (secondary N) is 1. The Morgan fingerprint density at radius 2 is 1.95 bits per heavy atom. The fraction of sp³-hybridized carbons (Fsp3) is 0.200. The van der Waals surface area contributed by atoms with Crippen LogP contribution in [0.15, 0.2) is 42.5 Å². The third-order valence-corrected chi connectivity index (χ3v) is 3.30. The molecule has 112 valence electrons. The molecule has 0 radical (unpaired) electrons. The molecule has 3 nitrogen and oxygen atoms in total. The quantitative estimate of drug-likeness (QED) is 0.655. The highest BCUT2D eigenvalue weighted by Gasteiger charge is 2.23. The van der Waals surface area contributed by atoms with Crippen molar-refractivity contribution in [1.29, 1.82) is 0 Å². The van der Waals surface area contributed by atoms with E-state index in [2.05, 4.69) is 5.43 Å². The van der Waals surface area contributed by atoms with Crippen LogP contribution in [0.4, 0.5) is 8.78 Å². The normalized spacial score (nSPS) is 13.8. The predicted molar refractivity (Wildman–Crippen MR) is 78.0 cm³/mol. The van der Waals surface area contributed by atoms with E-state index < -0.39 is 23.8 Å². The van der Waals surface area contributed by atoms with Crippen molar-refractivity contribution in [2.45, 2.75) is 19.1 Å². The van der Waals surface area contributed by atoms with Gasteiger partial charge in [-0.3, -0.25) is 5.84 Å². The molecule has 6 heteroatoms. The monoisotopic (exact) mass is 312 g/mol. The third-order valence-electron chi connectivity index (χ3n) is 3.06. The molecule has 0 bridgehead atoms. The molecule has 0 fully saturated rings. The first-order chi connectivity index (χ1) is 10.0. The molecule has 0 aliphatic carbocycles. The van der Waals surface area contributed by atoms with Gasteiger partial charge in [0.2, 0.25) is 0 Å². The van der Waals surface area contributed by atoms with Crippen LogP contribution in [0.25, 0.3) is 0 Å². The number of rotatable bonds is 5. The molecule has 3 N–H and O–H groups in total. The first kappa shape index (κ1) is 15.7. The Bertz CT molecular complexity index is 624. The van der Waals surface area contributed by atoms with Crippen molar-refractivity contribution in [2.24, 2.45) is 5.84 Å². The van der Waals surface area contributed by atoms with Gasteiger partial charge in [-0.25, -0.2) is 14.2 Å². The van der Waals surface area contributed by atoms with Crippen molar-refractivity contribution < 1.29 is 13.5 Å². The second-order valence-electron chi connectivity index (χ2n) is 4.59. The van der Waals surface area contributed by atoms with Crippen LogP contribution in [0, 0.1) is 11.6 Å². The van der Waals surface area contributed by atoms with E-state index in [0.717, 1.165) is 18.2 Å². The van der Waals surface area contributed by atoms with E-state index in [1.54, 1.807) is 31.2 Å². The van der Waals surface area contributed by atoms with Gasteiger partial charge in [0.05, 0.1) is 6.04 Å². The van der Waals surface area contributed by atoms with Crippen molar-refractivity contribution in [2.75, 3.05) is 0 Å². The van der Waals surface area contributed by atoms with Gasteiger partial charge in [-0.1, -0.05) is 17.7 Å². The number of hydrazine groups is 1. The fourth-order valence-corrected chi connectivity index (χ4v) is 2.23. The number of hydrogen-bond acceptors (Lipinski definition) is 3. The standard InChI is InChI=1S/C15H15ClF2N2O/c1-9(21-12-4-2-3-10(16)7-12)15(20-19)13-8-11(17)5-6-14(13)18/h2-9,15,20H,19H2,1H3. The van der Waals surface area contributed by atoms with E-state index in [-0.39, 0.29) is 5.56 Å². The van der Waals surface area contributed by atoms with E-state index in [9.17, 15) is 8.78 Å². The highest BCUT2D eigenvalue weighted by atomic mass is 35.5. The second-order valence-corrected chi connectivity index (χ2v) is 5.03. The topological polar surface area (TPSA) is 47.3 Å². The molecule has 0 aliphatic rings. The Balaban J connectivity index is 2.22. The van der Waals surface area contributed by atoms with Gasteiger partial charge in [0.1, 0.15) is 23.5 Å². The zero-order valence-electron chi connectivity index (χ0n) is 11.3. The summed E-state index contributed by atoms with van der Waals surface area (Å²) in [5.41, 5.74) is 2.56. The maximum absolute atomic E-state index is 13.8. The van der Waals surface area contributed by atoms with Crippen molar-refractivity contribution in [3.63, 3.8) is 0 Å². The van der Waals surface area contributed by atoms with Crippen LogP contribution in [-0.2, 0) is 0 Å². The third kappa shape index (κ3) is 3.91. The number of halogens is 3. The van der Waals surface area contributed by atoms with E-state index in [0.29, 0.717) is 10.8 Å². The maximum atomic E-state index is 13.8. The minimum Gasteiger partial charge on any atom is -0.489 e. The Labute approximate surface area is 126 Å². The molecule has 0 heterocycles. The molecule has 0 aromatic heterocycles. The van der Waals surface area contributed by atoms with Crippen molar-refractivity contribution in [3.8, 4) is 5.75 Å². The Morgan fingerprint density at radius 3 is 2.62 bits per heavy atom. The molecule has 0 saturated carbocycles. The summed E-state index contributed by atoms with van der Waals surface area (Å²) in [6.07, 6.45) is -0.537. The summed E-state index contributed by atoms with van der Waals surface area (Å²) < 4.78 is 32.8. The Hall–Kier alpha value is -1.69. The summed E-state index contributed by atoms with van der Waals surface area (Å²) in [5, 5.41) is 0.522. The van der Waals surface area contributed by atoms with Crippen LogP contribution in [0.3, 0.4) is 0 Å². The average Bonchev–Trinajstić information content (AvgIpc) is 2.43. The van der Waals surface area contributed by atoms with Crippen LogP contribution in [-0.4, -0.2) is 6.10 Å². The lowest BCUT2D eigenvalue weighted by Gasteiger charge is -2.25. The van der Waals surface area contributed by atoms with Crippen LogP contribution < -0.4 is 16.0 Å². The lowest BCUT2D eigenvalue weighted by Crippen LogP contribution is -2.38. The van der Waals surface area contributed by atoms with Gasteiger partial charge < -0.3 is 4.74 Å². The molecule has 2 aromatic carbocycles. The number of hydrogen-bond donors (Lipinski definition) is 2. The zero-order valence-corrected chi connectivity index (χ0v) is 12.1. The predicted octanol–water partition coefficient (Wildman–Crippen LogP) is 3.59. The summed E-state index contributed by atoms with van der Waals surface area (Å²) in [6, 6.07) is 9.29. The van der Waals surface area contributed by atoms with E-state index >= 15 is 0 Å². The fourth-order valence-electron chi connectivity index (χ4n) is 2.05. The summed E-state index contributed by atoms with van der Waals surface area (Å²) in [4.78, 5) is 0. The lowest BCUT2D eigenvalue weighted by atomic mass is 10.0. The largest absolute Gasteiger partial charge is 0.489 e. The molecule has 0 amide bonds. The van der Waals surface area contributed by atoms with Crippen molar-refractivity contribution in [3.05, 3.63) is 64.7 Å². The van der Waals surface area contributed by atoms with E-state index in [1.807, 2.05) is 0 Å². The van der Waals surface area contributed by atoms with E-state index in [1.165, 1.54) is 0 Å². The van der Waals surface area contributed by atoms with Gasteiger partial charge in [0.15, 0.2) is 0 Å². The molecular formula is C15H15ClF2N2O. The van der Waals surface area contributed by atoms with Crippen molar-refractivity contribution >= 4 is 11.6 Å². The molecule has 0 spiro atoms. The van der Waals surface area contributed by atoms with Crippen LogP contribution >= 0.6 is 11.6 Å². The summed E-state index contributed by atoms with van der Waals surface area (Å²) in [6.45, 7) is 1.70. The van der Waals surface area contributed by atoms with Gasteiger partial charge in [0, 0.05) is 10.6 Å². The Kier molecular flexibility index (Phi) is 5.12. The van der Waals surface area contributed by atoms with E-state index in [4.69, 9.17) is 22.2 Å². The molecule has 21 heavy (non-hydrogen) atoms. The van der Waals surface area contributed by atoms with Crippen LogP contribution in [0.2, 0.25) is 5.02 Å². The zero-order chi connectivity index (χ0) is 15.4. The summed E-state index contributed by atoms with van der Waals surface area (Å²) >= 11 is 5.87. The Morgan fingerprint density at radius 1 is 1.19 bits per heavy atom. The minimum atomic E-state index is -0.709. The van der Waals surface area contributed by atoms with Crippen molar-refractivity contribution in [1.82, 2.24) is 5.43 Å². The molecule has 2 atom stereocenters. The highest BCUT2D eigenvalue weighted by molar-refractivity contribution is 6.30. The molecular weight excluding hydrogens is 298 g/mol. The SMILES string of the molecule is CC(Oc1cccc(Cl)c1)C(NN)c1cc(F)ccc1F. The smallest absolute Gasteiger partial charge is 0.128 e. The first-order valence-electron chi connectivity index (χ1n) is 6.34. The van der Waals surface area contributed by atoms with Gasteiger partial charge in [-0.05, 0) is 43.3 Å². The average molecular weight is 313 g/mol. The number of nitrogens with two attached hydrogens (primary N) is 1. The minimum absolute atomic E-state index is 0.104. The first-order valence-corrected chi connectivity index (χ1v) is 6.72. The van der Waals surface area contributed by atoms with Gasteiger partial charge >= 0.3 is 0 Å². The van der Waals surface area contributed by atoms with Crippen LogP contribution in [0.5, 0.6) is 5.75 Å². The second kappa shape index (κ2) is 6.85. The van der Waals surface area contributed by atoms with Gasteiger partial charge in [0.25, 0.3) is 0 Å². The number of ether oxygens (including phenoxy) is 1. The molecule has 0 saturated heterocycles. The lowest BCUT2D eigenvalue weighted by molar-refractivity contribution is 0.168. The molecule has 0 aliphatic heterocycles. The van der Waals surface area contributed by atoms with Crippen LogP contribution in [0.1, 0.15) is 18.5 Å². The van der Waals surface area contributed by atoms with Gasteiger partial charge in [-0.2, -0.15) is 0 Å².